The summed E-state index contributed by atoms with van der Waals surface area (Å²) in [6.07, 6.45) is 8.29. The van der Waals surface area contributed by atoms with Crippen LogP contribution in [0.2, 0.25) is 0 Å². The zero-order chi connectivity index (χ0) is 17.4. The molecule has 2 heterocycles. The molecule has 1 aliphatic heterocycles. The van der Waals surface area contributed by atoms with Crippen molar-refractivity contribution in [3.05, 3.63) is 36.3 Å². The highest BCUT2D eigenvalue weighted by Crippen LogP contribution is 2.42. The van der Waals surface area contributed by atoms with Crippen molar-refractivity contribution in [2.45, 2.75) is 31.8 Å². The Bertz CT molecular complexity index is 712. The van der Waals surface area contributed by atoms with Crippen LogP contribution in [0, 0.1) is 17.8 Å². The molecular weight excluding hydrogens is 322 g/mol. The summed E-state index contributed by atoms with van der Waals surface area (Å²) in [6, 6.07) is 2.10. The average molecular weight is 343 g/mol. The lowest BCUT2D eigenvalue weighted by atomic mass is 9.93. The van der Waals surface area contributed by atoms with E-state index in [1.54, 1.807) is 12.1 Å². The van der Waals surface area contributed by atoms with Gasteiger partial charge < -0.3 is 15.1 Å². The van der Waals surface area contributed by atoms with Gasteiger partial charge in [0.05, 0.1) is 19.2 Å². The van der Waals surface area contributed by atoms with E-state index in [0.717, 1.165) is 11.3 Å². The van der Waals surface area contributed by atoms with E-state index >= 15 is 0 Å². The van der Waals surface area contributed by atoms with Gasteiger partial charge in [-0.15, -0.1) is 0 Å². The molecule has 25 heavy (non-hydrogen) atoms. The van der Waals surface area contributed by atoms with E-state index in [-0.39, 0.29) is 24.8 Å². The largest absolute Gasteiger partial charge is 0.467 e. The molecule has 2 aliphatic carbocycles. The first-order chi connectivity index (χ1) is 12.1. The second-order valence-corrected chi connectivity index (χ2v) is 7.05. The highest BCUT2D eigenvalue weighted by Gasteiger charge is 2.40. The monoisotopic (exact) mass is 343 g/mol. The van der Waals surface area contributed by atoms with Crippen LogP contribution in [0.1, 0.15) is 25.0 Å². The van der Waals surface area contributed by atoms with Crippen LogP contribution in [0.5, 0.6) is 0 Å². The van der Waals surface area contributed by atoms with Gasteiger partial charge in [-0.25, -0.2) is 4.79 Å². The van der Waals surface area contributed by atoms with Crippen LogP contribution >= 0.6 is 0 Å². The molecule has 7 heteroatoms. The van der Waals surface area contributed by atoms with E-state index in [1.807, 2.05) is 0 Å². The number of urea groups is 1. The van der Waals surface area contributed by atoms with Gasteiger partial charge in [0.25, 0.3) is 5.91 Å². The fourth-order valence-electron chi connectivity index (χ4n) is 4.06. The summed E-state index contributed by atoms with van der Waals surface area (Å²) in [4.78, 5) is 37.6. The molecule has 0 unspecified atom stereocenters. The lowest BCUT2D eigenvalue weighted by Gasteiger charge is -2.19. The molecule has 2 bridgehead atoms. The fourth-order valence-corrected chi connectivity index (χ4v) is 4.06. The van der Waals surface area contributed by atoms with Gasteiger partial charge in [-0.1, -0.05) is 12.2 Å². The molecule has 1 saturated carbocycles. The Labute approximate surface area is 145 Å². The maximum absolute atomic E-state index is 12.4. The predicted molar refractivity (Wildman–Crippen MR) is 88.0 cm³/mol. The Kier molecular flexibility index (Phi) is 4.07. The Morgan fingerprint density at radius 2 is 2.20 bits per heavy atom. The summed E-state index contributed by atoms with van der Waals surface area (Å²) < 4.78 is 5.17. The zero-order valence-corrected chi connectivity index (χ0v) is 13.8. The first kappa shape index (κ1) is 15.9. The average Bonchev–Trinajstić information content (AvgIpc) is 3.36. The summed E-state index contributed by atoms with van der Waals surface area (Å²) in [6.45, 7) is 0.711. The Balaban J connectivity index is 1.27. The third-order valence-electron chi connectivity index (χ3n) is 5.37. The number of allylic oxidation sites excluding steroid dienone is 2. The Hall–Kier alpha value is -2.57. The van der Waals surface area contributed by atoms with Crippen LogP contribution in [0.4, 0.5) is 4.79 Å². The topological polar surface area (TPSA) is 91.7 Å². The molecule has 4 atom stereocenters. The predicted octanol–water partition coefficient (Wildman–Crippen LogP) is 1.42. The second kappa shape index (κ2) is 6.38. The molecule has 132 valence electrons. The van der Waals surface area contributed by atoms with Crippen molar-refractivity contribution < 1.29 is 18.8 Å². The molecule has 3 aliphatic rings. The molecule has 7 nitrogen and oxygen atoms in total. The van der Waals surface area contributed by atoms with Gasteiger partial charge in [-0.3, -0.25) is 14.5 Å². The molecule has 1 aromatic heterocycles. The number of carbonyl (C=O) groups excluding carboxylic acids is 3. The lowest BCUT2D eigenvalue weighted by molar-refractivity contribution is -0.131. The van der Waals surface area contributed by atoms with Crippen LogP contribution in [-0.2, 0) is 16.1 Å². The van der Waals surface area contributed by atoms with Crippen molar-refractivity contribution in [3.8, 4) is 0 Å². The first-order valence-corrected chi connectivity index (χ1v) is 8.69. The number of amides is 4. The number of nitrogens with zero attached hydrogens (tertiary/aromatic N) is 1. The standard InChI is InChI=1S/C18H21N3O4/c22-16(19-9-13-7-11-3-4-12(13)6-11)8-15-17(23)21(18(24)20-15)10-14-2-1-5-25-14/h1-5,11-13,15H,6-10H2,(H,19,22)(H,20,24)/t11-,12-,13+,15-/m0/s1. The molecule has 2 fully saturated rings. The molecular formula is C18H21N3O4. The number of fused-ring (bicyclic) bond motifs is 2. The van der Waals surface area contributed by atoms with Gasteiger partial charge in [-0.05, 0) is 42.7 Å². The molecule has 0 aromatic carbocycles. The number of nitrogens with one attached hydrogen (secondary N) is 2. The van der Waals surface area contributed by atoms with Crippen molar-refractivity contribution in [1.29, 1.82) is 0 Å². The van der Waals surface area contributed by atoms with Crippen LogP contribution in [0.15, 0.2) is 35.0 Å². The number of imide groups is 1. The van der Waals surface area contributed by atoms with E-state index in [0.29, 0.717) is 30.1 Å². The summed E-state index contributed by atoms with van der Waals surface area (Å²) >= 11 is 0. The second-order valence-electron chi connectivity index (χ2n) is 7.05. The van der Waals surface area contributed by atoms with E-state index < -0.39 is 12.1 Å². The van der Waals surface area contributed by atoms with Crippen LogP contribution in [-0.4, -0.2) is 35.3 Å². The third-order valence-corrected chi connectivity index (χ3v) is 5.37. The van der Waals surface area contributed by atoms with E-state index in [1.165, 1.54) is 12.7 Å². The van der Waals surface area contributed by atoms with Crippen molar-refractivity contribution in [3.63, 3.8) is 0 Å². The van der Waals surface area contributed by atoms with Crippen molar-refractivity contribution in [1.82, 2.24) is 15.5 Å². The van der Waals surface area contributed by atoms with E-state index in [4.69, 9.17) is 4.42 Å². The van der Waals surface area contributed by atoms with Crippen molar-refractivity contribution >= 4 is 17.8 Å². The highest BCUT2D eigenvalue weighted by molar-refractivity contribution is 6.05. The fraction of sp³-hybridized carbons (Fsp3) is 0.500. The Morgan fingerprint density at radius 3 is 2.88 bits per heavy atom. The van der Waals surface area contributed by atoms with Gasteiger partial charge in [0.15, 0.2) is 0 Å². The van der Waals surface area contributed by atoms with Gasteiger partial charge >= 0.3 is 6.03 Å². The number of furan rings is 1. The molecule has 4 rings (SSSR count). The summed E-state index contributed by atoms with van der Waals surface area (Å²) in [5.74, 6) is 1.66. The summed E-state index contributed by atoms with van der Waals surface area (Å²) in [7, 11) is 0. The minimum atomic E-state index is -0.803. The van der Waals surface area contributed by atoms with E-state index in [2.05, 4.69) is 22.8 Å². The number of carbonyl (C=O) groups is 3. The Morgan fingerprint density at radius 1 is 1.32 bits per heavy atom. The maximum Gasteiger partial charge on any atom is 0.325 e. The van der Waals surface area contributed by atoms with Crippen molar-refractivity contribution in [2.75, 3.05) is 6.54 Å². The quantitative estimate of drug-likeness (QED) is 0.604. The number of hydrogen-bond donors (Lipinski definition) is 2. The molecule has 1 saturated heterocycles. The lowest BCUT2D eigenvalue weighted by Crippen LogP contribution is -2.38. The smallest absolute Gasteiger partial charge is 0.325 e. The van der Waals surface area contributed by atoms with Gasteiger partial charge in [-0.2, -0.15) is 0 Å². The zero-order valence-electron chi connectivity index (χ0n) is 13.8. The van der Waals surface area contributed by atoms with Gasteiger partial charge in [0.2, 0.25) is 5.91 Å². The highest BCUT2D eigenvalue weighted by atomic mass is 16.3. The minimum absolute atomic E-state index is 0.0319. The van der Waals surface area contributed by atoms with Crippen LogP contribution in [0.3, 0.4) is 0 Å². The molecule has 4 amide bonds. The molecule has 1 aromatic rings. The van der Waals surface area contributed by atoms with Crippen LogP contribution < -0.4 is 10.6 Å². The number of hydrogen-bond acceptors (Lipinski definition) is 4. The molecule has 0 spiro atoms. The van der Waals surface area contributed by atoms with Crippen LogP contribution in [0.25, 0.3) is 0 Å². The van der Waals surface area contributed by atoms with E-state index in [9.17, 15) is 14.4 Å². The normalized spacial score (nSPS) is 30.2. The third kappa shape index (κ3) is 3.18. The van der Waals surface area contributed by atoms with Gasteiger partial charge in [0.1, 0.15) is 11.8 Å². The minimum Gasteiger partial charge on any atom is -0.467 e. The first-order valence-electron chi connectivity index (χ1n) is 8.69. The molecule has 2 N–H and O–H groups in total. The maximum atomic E-state index is 12.4. The summed E-state index contributed by atoms with van der Waals surface area (Å²) in [5, 5.41) is 5.49. The SMILES string of the molecule is O=C(C[C@@H]1NC(=O)N(Cc2ccco2)C1=O)NC[C@H]1C[C@H]2C=C[C@H]1C2. The molecule has 0 radical (unpaired) electrons. The number of rotatable bonds is 6. The van der Waals surface area contributed by atoms with Crippen molar-refractivity contribution in [2.24, 2.45) is 17.8 Å². The summed E-state index contributed by atoms with van der Waals surface area (Å²) in [5.41, 5.74) is 0. The van der Waals surface area contributed by atoms with Gasteiger partial charge in [0, 0.05) is 6.54 Å².